The van der Waals surface area contributed by atoms with E-state index >= 15 is 0 Å². The Bertz CT molecular complexity index is 271. The zero-order chi connectivity index (χ0) is 16.6. The van der Waals surface area contributed by atoms with Crippen LogP contribution in [0, 0.1) is 0 Å². The van der Waals surface area contributed by atoms with Gasteiger partial charge in [0, 0.05) is 32.8 Å². The van der Waals surface area contributed by atoms with E-state index in [0.29, 0.717) is 19.3 Å². The maximum Gasteiger partial charge on any atom is 0.191 e. The van der Waals surface area contributed by atoms with Crippen LogP contribution in [0.5, 0.6) is 0 Å². The summed E-state index contributed by atoms with van der Waals surface area (Å²) < 4.78 is 10.4. The molecule has 1 unspecified atom stereocenters. The molecule has 1 atom stereocenters. The van der Waals surface area contributed by atoms with Crippen LogP contribution in [0.3, 0.4) is 0 Å². The first kappa shape index (κ1) is 21.1. The molecule has 0 aromatic carbocycles. The molecule has 0 saturated carbocycles. The van der Waals surface area contributed by atoms with E-state index < -0.39 is 0 Å². The lowest BCUT2D eigenvalue weighted by molar-refractivity contribution is 0.0698. The fourth-order valence-corrected chi connectivity index (χ4v) is 2.15. The van der Waals surface area contributed by atoms with Crippen molar-refractivity contribution in [1.29, 1.82) is 0 Å². The molecule has 0 rings (SSSR count). The van der Waals surface area contributed by atoms with Gasteiger partial charge in [0.05, 0.1) is 19.8 Å². The van der Waals surface area contributed by atoms with Gasteiger partial charge < -0.3 is 20.1 Å². The van der Waals surface area contributed by atoms with Gasteiger partial charge in [-0.05, 0) is 33.4 Å². The standard InChI is InChI=1S/C16H36N4O2/c1-6-17-16(18-10-9-11-22-13-12-21-5)19-14-15(4)20(7-2)8-3/h15H,6-14H2,1-5H3,(H2,17,18,19). The molecule has 0 aromatic heterocycles. The first-order chi connectivity index (χ1) is 10.7. The van der Waals surface area contributed by atoms with Crippen LogP contribution >= 0.6 is 0 Å². The largest absolute Gasteiger partial charge is 0.382 e. The monoisotopic (exact) mass is 316 g/mol. The minimum absolute atomic E-state index is 0.461. The number of methoxy groups -OCH3 is 1. The highest BCUT2D eigenvalue weighted by atomic mass is 16.5. The molecule has 2 N–H and O–H groups in total. The van der Waals surface area contributed by atoms with Crippen molar-refractivity contribution in [3.05, 3.63) is 0 Å². The van der Waals surface area contributed by atoms with Gasteiger partial charge in [0.1, 0.15) is 0 Å². The third-order valence-electron chi connectivity index (χ3n) is 3.48. The zero-order valence-electron chi connectivity index (χ0n) is 15.2. The molecule has 0 aliphatic rings. The molecule has 6 heteroatoms. The quantitative estimate of drug-likeness (QED) is 0.305. The third-order valence-corrected chi connectivity index (χ3v) is 3.48. The molecule has 0 spiro atoms. The Balaban J connectivity index is 4.00. The predicted octanol–water partition coefficient (Wildman–Crippen LogP) is 1.32. The molecule has 6 nitrogen and oxygen atoms in total. The molecule has 0 radical (unpaired) electrons. The van der Waals surface area contributed by atoms with Gasteiger partial charge in [-0.3, -0.25) is 9.89 Å². The molecule has 0 saturated heterocycles. The number of rotatable bonds is 13. The fourth-order valence-electron chi connectivity index (χ4n) is 2.15. The van der Waals surface area contributed by atoms with Gasteiger partial charge in [0.25, 0.3) is 0 Å². The summed E-state index contributed by atoms with van der Waals surface area (Å²) in [5.41, 5.74) is 0. The molecule has 0 heterocycles. The van der Waals surface area contributed by atoms with E-state index in [1.807, 2.05) is 0 Å². The second-order valence-electron chi connectivity index (χ2n) is 5.18. The molecule has 0 amide bonds. The first-order valence-corrected chi connectivity index (χ1v) is 8.52. The number of likely N-dealkylation sites (N-methyl/N-ethyl adjacent to an activating group) is 1. The number of ether oxygens (including phenoxy) is 2. The van der Waals surface area contributed by atoms with Crippen LogP contribution in [0.2, 0.25) is 0 Å². The number of nitrogens with zero attached hydrogens (tertiary/aromatic N) is 2. The van der Waals surface area contributed by atoms with Crippen molar-refractivity contribution in [3.8, 4) is 0 Å². The number of nitrogens with one attached hydrogen (secondary N) is 2. The van der Waals surface area contributed by atoms with Gasteiger partial charge >= 0.3 is 0 Å². The van der Waals surface area contributed by atoms with Crippen molar-refractivity contribution in [1.82, 2.24) is 15.5 Å². The molecular weight excluding hydrogens is 280 g/mol. The zero-order valence-corrected chi connectivity index (χ0v) is 15.2. The average molecular weight is 316 g/mol. The topological polar surface area (TPSA) is 58.1 Å². The maximum atomic E-state index is 5.44. The summed E-state index contributed by atoms with van der Waals surface area (Å²) in [7, 11) is 1.68. The summed E-state index contributed by atoms with van der Waals surface area (Å²) in [6.07, 6.45) is 0.958. The SMILES string of the molecule is CCNC(=NCC(C)N(CC)CC)NCCCOCCOC. The lowest BCUT2D eigenvalue weighted by atomic mass is 10.3. The van der Waals surface area contributed by atoms with Gasteiger partial charge in [0.15, 0.2) is 5.96 Å². The van der Waals surface area contributed by atoms with Crippen LogP contribution in [0.15, 0.2) is 4.99 Å². The lowest BCUT2D eigenvalue weighted by Gasteiger charge is -2.25. The van der Waals surface area contributed by atoms with Crippen molar-refractivity contribution in [2.24, 2.45) is 4.99 Å². The molecule has 22 heavy (non-hydrogen) atoms. The van der Waals surface area contributed by atoms with Gasteiger partial charge in [-0.15, -0.1) is 0 Å². The maximum absolute atomic E-state index is 5.44. The molecule has 0 fully saturated rings. The highest BCUT2D eigenvalue weighted by Crippen LogP contribution is 1.98. The summed E-state index contributed by atoms with van der Waals surface area (Å²) in [4.78, 5) is 7.08. The van der Waals surface area contributed by atoms with E-state index in [-0.39, 0.29) is 0 Å². The van der Waals surface area contributed by atoms with Crippen LogP contribution in [0.25, 0.3) is 0 Å². The summed E-state index contributed by atoms with van der Waals surface area (Å²) in [6, 6.07) is 0.461. The fraction of sp³-hybridized carbons (Fsp3) is 0.938. The van der Waals surface area contributed by atoms with Gasteiger partial charge in [-0.1, -0.05) is 13.8 Å². The van der Waals surface area contributed by atoms with E-state index in [4.69, 9.17) is 9.47 Å². The molecule has 0 bridgehead atoms. The van der Waals surface area contributed by atoms with Crippen molar-refractivity contribution in [2.75, 3.05) is 59.7 Å². The lowest BCUT2D eigenvalue weighted by Crippen LogP contribution is -2.40. The number of aliphatic imine (C=N–C) groups is 1. The summed E-state index contributed by atoms with van der Waals surface area (Å²) in [5, 5.41) is 6.63. The Morgan fingerprint density at radius 2 is 1.82 bits per heavy atom. The van der Waals surface area contributed by atoms with Crippen molar-refractivity contribution in [2.45, 2.75) is 40.2 Å². The second kappa shape index (κ2) is 15.1. The minimum atomic E-state index is 0.461. The Morgan fingerprint density at radius 1 is 1.09 bits per heavy atom. The Hall–Kier alpha value is -0.850. The number of guanidine groups is 1. The number of hydrogen-bond donors (Lipinski definition) is 2. The third kappa shape index (κ3) is 10.8. The van der Waals surface area contributed by atoms with Crippen LogP contribution in [-0.4, -0.2) is 76.6 Å². The van der Waals surface area contributed by atoms with E-state index in [9.17, 15) is 0 Å². The Kier molecular flexibility index (Phi) is 14.5. The van der Waals surface area contributed by atoms with Crippen molar-refractivity contribution < 1.29 is 9.47 Å². The highest BCUT2D eigenvalue weighted by molar-refractivity contribution is 5.79. The summed E-state index contributed by atoms with van der Waals surface area (Å²) in [6.45, 7) is 15.4. The minimum Gasteiger partial charge on any atom is -0.382 e. The van der Waals surface area contributed by atoms with Crippen LogP contribution in [0.4, 0.5) is 0 Å². The van der Waals surface area contributed by atoms with Gasteiger partial charge in [0.2, 0.25) is 0 Å². The van der Waals surface area contributed by atoms with Crippen molar-refractivity contribution >= 4 is 5.96 Å². The second-order valence-corrected chi connectivity index (χ2v) is 5.18. The summed E-state index contributed by atoms with van der Waals surface area (Å²) >= 11 is 0. The van der Waals surface area contributed by atoms with E-state index in [0.717, 1.165) is 51.7 Å². The molecule has 0 aromatic rings. The summed E-state index contributed by atoms with van der Waals surface area (Å²) in [5.74, 6) is 0.887. The molecule has 132 valence electrons. The van der Waals surface area contributed by atoms with Crippen LogP contribution in [0.1, 0.15) is 34.1 Å². The van der Waals surface area contributed by atoms with E-state index in [1.165, 1.54) is 0 Å². The number of hydrogen-bond acceptors (Lipinski definition) is 4. The molecule has 0 aliphatic carbocycles. The molecule has 0 aliphatic heterocycles. The smallest absolute Gasteiger partial charge is 0.191 e. The predicted molar refractivity (Wildman–Crippen MR) is 93.7 cm³/mol. The Morgan fingerprint density at radius 3 is 2.41 bits per heavy atom. The van der Waals surface area contributed by atoms with Crippen LogP contribution < -0.4 is 10.6 Å². The Labute approximate surface area is 136 Å². The van der Waals surface area contributed by atoms with Gasteiger partial charge in [-0.2, -0.15) is 0 Å². The van der Waals surface area contributed by atoms with Crippen molar-refractivity contribution in [3.63, 3.8) is 0 Å². The van der Waals surface area contributed by atoms with E-state index in [1.54, 1.807) is 7.11 Å². The molecular formula is C16H36N4O2. The first-order valence-electron chi connectivity index (χ1n) is 8.52. The normalized spacial score (nSPS) is 13.5. The average Bonchev–Trinajstić information content (AvgIpc) is 2.52. The van der Waals surface area contributed by atoms with E-state index in [2.05, 4.69) is 48.2 Å². The highest BCUT2D eigenvalue weighted by Gasteiger charge is 2.09. The van der Waals surface area contributed by atoms with Crippen LogP contribution in [-0.2, 0) is 9.47 Å². The van der Waals surface area contributed by atoms with Gasteiger partial charge in [-0.25, -0.2) is 0 Å².